The number of allylic oxidation sites excluding steroid dienone is 1. The van der Waals surface area contributed by atoms with E-state index in [0.29, 0.717) is 0 Å². The first-order valence-corrected chi connectivity index (χ1v) is 6.37. The van der Waals surface area contributed by atoms with Gasteiger partial charge in [-0.3, -0.25) is 0 Å². The van der Waals surface area contributed by atoms with Crippen LogP contribution in [0.5, 0.6) is 0 Å². The van der Waals surface area contributed by atoms with Crippen LogP contribution in [0.15, 0.2) is 30.9 Å². The molecule has 16 heavy (non-hydrogen) atoms. The normalized spacial score (nSPS) is 14.2. The van der Waals surface area contributed by atoms with Gasteiger partial charge in [0.25, 0.3) is 0 Å². The minimum Gasteiger partial charge on any atom is -0.385 e. The number of aryl methyl sites for hydroxylation is 1. The molecule has 0 bridgehead atoms. The first kappa shape index (κ1) is 11.3. The SMILES string of the molecule is C=CCCCNc1cccc2c1CCCC2. The lowest BCUT2D eigenvalue weighted by Gasteiger charge is -2.20. The molecule has 1 heteroatoms. The zero-order valence-corrected chi connectivity index (χ0v) is 9.97. The number of hydrogen-bond donors (Lipinski definition) is 1. The number of anilines is 1. The average molecular weight is 215 g/mol. The second kappa shape index (κ2) is 5.74. The van der Waals surface area contributed by atoms with Crippen LogP contribution in [0.3, 0.4) is 0 Å². The maximum Gasteiger partial charge on any atom is 0.0375 e. The predicted octanol–water partition coefficient (Wildman–Crippen LogP) is 3.94. The summed E-state index contributed by atoms with van der Waals surface area (Å²) in [7, 11) is 0. The lowest BCUT2D eigenvalue weighted by molar-refractivity contribution is 0.686. The van der Waals surface area contributed by atoms with Crippen molar-refractivity contribution in [1.82, 2.24) is 0 Å². The lowest BCUT2D eigenvalue weighted by Crippen LogP contribution is -2.09. The third-order valence-corrected chi connectivity index (χ3v) is 3.30. The van der Waals surface area contributed by atoms with E-state index in [1.165, 1.54) is 37.8 Å². The van der Waals surface area contributed by atoms with Crippen molar-refractivity contribution >= 4 is 5.69 Å². The fourth-order valence-electron chi connectivity index (χ4n) is 2.42. The van der Waals surface area contributed by atoms with Gasteiger partial charge in [-0.2, -0.15) is 0 Å². The smallest absolute Gasteiger partial charge is 0.0375 e. The van der Waals surface area contributed by atoms with Crippen LogP contribution < -0.4 is 5.32 Å². The van der Waals surface area contributed by atoms with Gasteiger partial charge >= 0.3 is 0 Å². The van der Waals surface area contributed by atoms with Gasteiger partial charge in [0.2, 0.25) is 0 Å². The molecule has 1 nitrogen and oxygen atoms in total. The van der Waals surface area contributed by atoms with Crippen molar-refractivity contribution in [2.24, 2.45) is 0 Å². The number of nitrogens with one attached hydrogen (secondary N) is 1. The molecule has 1 aliphatic rings. The summed E-state index contributed by atoms with van der Waals surface area (Å²) in [6.45, 7) is 4.81. The van der Waals surface area contributed by atoms with E-state index in [0.717, 1.165) is 13.0 Å². The maximum atomic E-state index is 3.75. The summed E-state index contributed by atoms with van der Waals surface area (Å²) in [5.41, 5.74) is 4.48. The molecule has 0 aromatic heterocycles. The molecule has 0 saturated carbocycles. The van der Waals surface area contributed by atoms with Crippen molar-refractivity contribution in [2.45, 2.75) is 38.5 Å². The van der Waals surface area contributed by atoms with Crippen molar-refractivity contribution < 1.29 is 0 Å². The van der Waals surface area contributed by atoms with Gasteiger partial charge < -0.3 is 5.32 Å². The van der Waals surface area contributed by atoms with Crippen molar-refractivity contribution in [2.75, 3.05) is 11.9 Å². The summed E-state index contributed by atoms with van der Waals surface area (Å²) in [6, 6.07) is 6.68. The summed E-state index contributed by atoms with van der Waals surface area (Å²) in [5, 5.41) is 3.56. The van der Waals surface area contributed by atoms with E-state index in [1.54, 1.807) is 11.1 Å². The Morgan fingerprint density at radius 3 is 3.00 bits per heavy atom. The molecule has 0 unspecified atom stereocenters. The van der Waals surface area contributed by atoms with E-state index in [2.05, 4.69) is 30.1 Å². The molecule has 0 radical (unpaired) electrons. The van der Waals surface area contributed by atoms with E-state index >= 15 is 0 Å². The van der Waals surface area contributed by atoms with Crippen LogP contribution in [-0.4, -0.2) is 6.54 Å². The van der Waals surface area contributed by atoms with Gasteiger partial charge in [-0.1, -0.05) is 18.2 Å². The van der Waals surface area contributed by atoms with Crippen LogP contribution in [0, 0.1) is 0 Å². The minimum atomic E-state index is 1.06. The zero-order chi connectivity index (χ0) is 11.2. The fraction of sp³-hybridized carbons (Fsp3) is 0.467. The topological polar surface area (TPSA) is 12.0 Å². The number of unbranched alkanes of at least 4 members (excludes halogenated alkanes) is 1. The Morgan fingerprint density at radius 2 is 2.12 bits per heavy atom. The van der Waals surface area contributed by atoms with E-state index in [4.69, 9.17) is 0 Å². The number of benzene rings is 1. The maximum absolute atomic E-state index is 3.75. The van der Waals surface area contributed by atoms with Gasteiger partial charge in [0.15, 0.2) is 0 Å². The van der Waals surface area contributed by atoms with Crippen LogP contribution in [-0.2, 0) is 12.8 Å². The standard InChI is InChI=1S/C15H21N/c1-2-3-6-12-16-15-11-7-9-13-8-4-5-10-14(13)15/h2,7,9,11,16H,1,3-6,8,10,12H2. The molecule has 2 rings (SSSR count). The van der Waals surface area contributed by atoms with Gasteiger partial charge in [0, 0.05) is 12.2 Å². The van der Waals surface area contributed by atoms with Crippen LogP contribution in [0.25, 0.3) is 0 Å². The number of hydrogen-bond acceptors (Lipinski definition) is 1. The molecule has 1 N–H and O–H groups in total. The molecule has 86 valence electrons. The Morgan fingerprint density at radius 1 is 1.25 bits per heavy atom. The highest BCUT2D eigenvalue weighted by Crippen LogP contribution is 2.27. The van der Waals surface area contributed by atoms with Gasteiger partial charge in [0.1, 0.15) is 0 Å². The first-order valence-electron chi connectivity index (χ1n) is 6.37. The fourth-order valence-corrected chi connectivity index (χ4v) is 2.42. The zero-order valence-electron chi connectivity index (χ0n) is 9.97. The van der Waals surface area contributed by atoms with Crippen molar-refractivity contribution in [3.63, 3.8) is 0 Å². The Balaban J connectivity index is 2.00. The van der Waals surface area contributed by atoms with E-state index < -0.39 is 0 Å². The summed E-state index contributed by atoms with van der Waals surface area (Å²) >= 11 is 0. The third kappa shape index (κ3) is 2.66. The molecular weight excluding hydrogens is 194 g/mol. The molecule has 0 atom stereocenters. The van der Waals surface area contributed by atoms with Crippen LogP contribution in [0.4, 0.5) is 5.69 Å². The Bertz CT molecular complexity index is 354. The van der Waals surface area contributed by atoms with E-state index in [9.17, 15) is 0 Å². The van der Waals surface area contributed by atoms with Crippen molar-refractivity contribution in [3.8, 4) is 0 Å². The van der Waals surface area contributed by atoms with Crippen LogP contribution in [0.2, 0.25) is 0 Å². The van der Waals surface area contributed by atoms with E-state index in [1.807, 2.05) is 6.08 Å². The number of fused-ring (bicyclic) bond motifs is 1. The molecule has 0 aliphatic heterocycles. The van der Waals surface area contributed by atoms with Crippen molar-refractivity contribution in [3.05, 3.63) is 42.0 Å². The van der Waals surface area contributed by atoms with Crippen LogP contribution >= 0.6 is 0 Å². The van der Waals surface area contributed by atoms with E-state index in [-0.39, 0.29) is 0 Å². The average Bonchev–Trinajstić information content (AvgIpc) is 2.35. The van der Waals surface area contributed by atoms with Gasteiger partial charge in [-0.05, 0) is 55.7 Å². The highest BCUT2D eigenvalue weighted by molar-refractivity contribution is 5.55. The minimum absolute atomic E-state index is 1.06. The molecule has 0 heterocycles. The number of rotatable bonds is 5. The molecule has 0 spiro atoms. The molecule has 1 aromatic rings. The summed E-state index contributed by atoms with van der Waals surface area (Å²) in [5.74, 6) is 0. The summed E-state index contributed by atoms with van der Waals surface area (Å²) < 4.78 is 0. The van der Waals surface area contributed by atoms with Gasteiger partial charge in [0.05, 0.1) is 0 Å². The Kier molecular flexibility index (Phi) is 4.03. The lowest BCUT2D eigenvalue weighted by atomic mass is 9.90. The molecule has 1 aliphatic carbocycles. The Hall–Kier alpha value is -1.24. The molecule has 1 aromatic carbocycles. The molecule has 0 saturated heterocycles. The highest BCUT2D eigenvalue weighted by Gasteiger charge is 2.11. The second-order valence-corrected chi connectivity index (χ2v) is 4.51. The third-order valence-electron chi connectivity index (χ3n) is 3.30. The second-order valence-electron chi connectivity index (χ2n) is 4.51. The van der Waals surface area contributed by atoms with Crippen molar-refractivity contribution in [1.29, 1.82) is 0 Å². The first-order chi connectivity index (χ1) is 7.92. The molecular formula is C15H21N. The quantitative estimate of drug-likeness (QED) is 0.579. The molecule has 0 fully saturated rings. The Labute approximate surface area is 98.6 Å². The molecule has 0 amide bonds. The summed E-state index contributed by atoms with van der Waals surface area (Å²) in [4.78, 5) is 0. The largest absolute Gasteiger partial charge is 0.385 e. The van der Waals surface area contributed by atoms with Gasteiger partial charge in [-0.15, -0.1) is 6.58 Å². The highest BCUT2D eigenvalue weighted by atomic mass is 14.9. The van der Waals surface area contributed by atoms with Gasteiger partial charge in [-0.25, -0.2) is 0 Å². The van der Waals surface area contributed by atoms with Crippen LogP contribution in [0.1, 0.15) is 36.8 Å². The monoisotopic (exact) mass is 215 g/mol. The summed E-state index contributed by atoms with van der Waals surface area (Å²) in [6.07, 6.45) is 9.47. The predicted molar refractivity (Wildman–Crippen MR) is 71.0 cm³/mol.